The van der Waals surface area contributed by atoms with E-state index in [9.17, 15) is 8.78 Å². The third-order valence-corrected chi connectivity index (χ3v) is 9.32. The molecule has 0 heterocycles. The largest absolute Gasteiger partial charge is 0.205 e. The molecular weight excluding hydrogens is 458 g/mol. The standard InChI is InChI=1S/C32H43ClF2/c1-2-3-4-23-5-7-24(8-6-23)9-10-25-13-17-28(18-14-25)29-19-15-26(16-20-29)11-12-27-21-30(34)32(33)31(35)22-27/h15-16,19-25,28H,2-14,17-18H2,1H3. The molecule has 3 heteroatoms. The Morgan fingerprint density at radius 1 is 0.686 bits per heavy atom. The van der Waals surface area contributed by atoms with Crippen LogP contribution in [0.2, 0.25) is 5.02 Å². The Kier molecular flexibility index (Phi) is 10.1. The monoisotopic (exact) mass is 500 g/mol. The molecule has 0 N–H and O–H groups in total. The van der Waals surface area contributed by atoms with E-state index in [1.807, 2.05) is 0 Å². The highest BCUT2D eigenvalue weighted by atomic mass is 35.5. The first-order chi connectivity index (χ1) is 17.0. The van der Waals surface area contributed by atoms with E-state index in [0.29, 0.717) is 17.9 Å². The smallest absolute Gasteiger partial charge is 0.145 e. The minimum absolute atomic E-state index is 0.419. The average molecular weight is 501 g/mol. The number of unbranched alkanes of at least 4 members (excludes halogenated alkanes) is 1. The van der Waals surface area contributed by atoms with Gasteiger partial charge in [0.2, 0.25) is 0 Å². The maximum absolute atomic E-state index is 13.7. The highest BCUT2D eigenvalue weighted by molar-refractivity contribution is 6.30. The third-order valence-electron chi connectivity index (χ3n) is 8.96. The van der Waals surface area contributed by atoms with Gasteiger partial charge in [0.1, 0.15) is 16.7 Å². The molecule has 2 aliphatic rings. The van der Waals surface area contributed by atoms with Gasteiger partial charge in [-0.1, -0.05) is 101 Å². The van der Waals surface area contributed by atoms with Crippen LogP contribution in [0.5, 0.6) is 0 Å². The van der Waals surface area contributed by atoms with Gasteiger partial charge in [-0.2, -0.15) is 0 Å². The zero-order chi connectivity index (χ0) is 24.6. The molecule has 0 saturated heterocycles. The first-order valence-corrected chi connectivity index (χ1v) is 14.6. The number of halogens is 3. The van der Waals surface area contributed by atoms with Crippen molar-refractivity contribution in [1.29, 1.82) is 0 Å². The summed E-state index contributed by atoms with van der Waals surface area (Å²) in [6, 6.07) is 11.6. The Morgan fingerprint density at radius 2 is 1.17 bits per heavy atom. The van der Waals surface area contributed by atoms with Crippen LogP contribution in [0.15, 0.2) is 36.4 Å². The van der Waals surface area contributed by atoms with E-state index in [1.54, 1.807) is 0 Å². The first kappa shape index (κ1) is 26.6. The third kappa shape index (κ3) is 7.78. The summed E-state index contributed by atoms with van der Waals surface area (Å²) in [5.74, 6) is 2.29. The van der Waals surface area contributed by atoms with Crippen molar-refractivity contribution in [2.75, 3.05) is 0 Å². The summed E-state index contributed by atoms with van der Waals surface area (Å²) < 4.78 is 27.3. The van der Waals surface area contributed by atoms with Gasteiger partial charge in [0, 0.05) is 0 Å². The summed E-state index contributed by atoms with van der Waals surface area (Å²) in [7, 11) is 0. The molecule has 0 radical (unpaired) electrons. The number of aryl methyl sites for hydroxylation is 2. The van der Waals surface area contributed by atoms with Gasteiger partial charge in [-0.3, -0.25) is 0 Å². The second-order valence-corrected chi connectivity index (χ2v) is 11.8. The van der Waals surface area contributed by atoms with Crippen LogP contribution in [0.3, 0.4) is 0 Å². The van der Waals surface area contributed by atoms with Gasteiger partial charge >= 0.3 is 0 Å². The molecule has 0 unspecified atom stereocenters. The predicted molar refractivity (Wildman–Crippen MR) is 144 cm³/mol. The van der Waals surface area contributed by atoms with Gasteiger partial charge in [0.25, 0.3) is 0 Å². The predicted octanol–water partition coefficient (Wildman–Crippen LogP) is 10.5. The zero-order valence-electron chi connectivity index (χ0n) is 21.5. The number of hydrogen-bond acceptors (Lipinski definition) is 0. The summed E-state index contributed by atoms with van der Waals surface area (Å²) in [5.41, 5.74) is 3.32. The highest BCUT2D eigenvalue weighted by Gasteiger charge is 2.25. The minimum atomic E-state index is -0.678. The quantitative estimate of drug-likeness (QED) is 0.284. The van der Waals surface area contributed by atoms with Gasteiger partial charge in [-0.05, 0) is 91.0 Å². The van der Waals surface area contributed by atoms with Crippen molar-refractivity contribution in [3.8, 4) is 0 Å². The van der Waals surface area contributed by atoms with Crippen molar-refractivity contribution in [1.82, 2.24) is 0 Å². The van der Waals surface area contributed by atoms with Gasteiger partial charge in [-0.25, -0.2) is 8.78 Å². The van der Waals surface area contributed by atoms with Crippen LogP contribution in [0.4, 0.5) is 8.78 Å². The molecule has 35 heavy (non-hydrogen) atoms. The normalized spacial score (nSPS) is 25.0. The summed E-state index contributed by atoms with van der Waals surface area (Å²) in [4.78, 5) is 0. The Morgan fingerprint density at radius 3 is 1.71 bits per heavy atom. The molecule has 0 amide bonds. The molecule has 2 aromatic rings. The van der Waals surface area contributed by atoms with Gasteiger partial charge < -0.3 is 0 Å². The molecule has 0 aromatic heterocycles. The van der Waals surface area contributed by atoms with E-state index in [0.717, 1.165) is 24.2 Å². The Bertz CT molecular complexity index is 883. The highest BCUT2D eigenvalue weighted by Crippen LogP contribution is 2.40. The molecule has 2 aliphatic carbocycles. The maximum Gasteiger partial charge on any atom is 0.145 e. The zero-order valence-corrected chi connectivity index (χ0v) is 22.3. The molecule has 2 fully saturated rings. The summed E-state index contributed by atoms with van der Waals surface area (Å²) in [5, 5.41) is -0.419. The first-order valence-electron chi connectivity index (χ1n) is 14.2. The van der Waals surface area contributed by atoms with Crippen LogP contribution in [-0.4, -0.2) is 0 Å². The molecule has 0 spiro atoms. The lowest BCUT2D eigenvalue weighted by atomic mass is 9.74. The van der Waals surface area contributed by atoms with E-state index in [-0.39, 0.29) is 0 Å². The lowest BCUT2D eigenvalue weighted by Gasteiger charge is -2.32. The summed E-state index contributed by atoms with van der Waals surface area (Å²) >= 11 is 5.59. The van der Waals surface area contributed by atoms with Crippen LogP contribution in [-0.2, 0) is 12.8 Å². The van der Waals surface area contributed by atoms with E-state index < -0.39 is 16.7 Å². The van der Waals surface area contributed by atoms with Crippen LogP contribution >= 0.6 is 11.6 Å². The van der Waals surface area contributed by atoms with Crippen molar-refractivity contribution < 1.29 is 8.78 Å². The van der Waals surface area contributed by atoms with Crippen molar-refractivity contribution in [2.45, 2.75) is 109 Å². The van der Waals surface area contributed by atoms with Crippen LogP contribution in [0, 0.1) is 29.4 Å². The molecule has 2 aromatic carbocycles. The average Bonchev–Trinajstić information content (AvgIpc) is 2.89. The molecule has 0 bridgehead atoms. The Labute approximate surface area is 216 Å². The lowest BCUT2D eigenvalue weighted by Crippen LogP contribution is -2.17. The fourth-order valence-corrected chi connectivity index (χ4v) is 6.66. The van der Waals surface area contributed by atoms with Gasteiger partial charge in [-0.15, -0.1) is 0 Å². The fourth-order valence-electron chi connectivity index (χ4n) is 6.55. The van der Waals surface area contributed by atoms with Crippen molar-refractivity contribution in [3.63, 3.8) is 0 Å². The van der Waals surface area contributed by atoms with E-state index >= 15 is 0 Å². The second-order valence-electron chi connectivity index (χ2n) is 11.4. The van der Waals surface area contributed by atoms with Crippen molar-refractivity contribution in [3.05, 3.63) is 69.7 Å². The molecule has 4 rings (SSSR count). The molecule has 0 atom stereocenters. The van der Waals surface area contributed by atoms with Gasteiger partial charge in [0.15, 0.2) is 0 Å². The molecule has 0 nitrogen and oxygen atoms in total. The van der Waals surface area contributed by atoms with Crippen molar-refractivity contribution >= 4 is 11.6 Å². The number of rotatable bonds is 10. The SMILES string of the molecule is CCCCC1CCC(CCC2CCC(c3ccc(CCc4cc(F)c(Cl)c(F)c4)cc3)CC2)CC1. The van der Waals surface area contributed by atoms with Crippen LogP contribution in [0.25, 0.3) is 0 Å². The molecule has 192 valence electrons. The second kappa shape index (κ2) is 13.2. The van der Waals surface area contributed by atoms with Crippen LogP contribution in [0.1, 0.15) is 113 Å². The Hall–Kier alpha value is -1.41. The number of hydrogen-bond donors (Lipinski definition) is 0. The lowest BCUT2D eigenvalue weighted by molar-refractivity contribution is 0.222. The Balaban J connectivity index is 1.16. The topological polar surface area (TPSA) is 0 Å². The van der Waals surface area contributed by atoms with Crippen molar-refractivity contribution in [2.24, 2.45) is 17.8 Å². The summed E-state index contributed by atoms with van der Waals surface area (Å²) in [6.45, 7) is 2.31. The van der Waals surface area contributed by atoms with E-state index in [2.05, 4.69) is 31.2 Å². The van der Waals surface area contributed by atoms with E-state index in [4.69, 9.17) is 11.6 Å². The fraction of sp³-hybridized carbons (Fsp3) is 0.625. The molecular formula is C32H43ClF2. The van der Waals surface area contributed by atoms with Gasteiger partial charge in [0.05, 0.1) is 0 Å². The summed E-state index contributed by atoms with van der Waals surface area (Å²) in [6.07, 6.45) is 19.9. The number of benzene rings is 2. The van der Waals surface area contributed by atoms with E-state index in [1.165, 1.54) is 107 Å². The maximum atomic E-state index is 13.7. The minimum Gasteiger partial charge on any atom is -0.205 e. The van der Waals surface area contributed by atoms with Crippen LogP contribution < -0.4 is 0 Å². The molecule has 2 saturated carbocycles. The molecule has 0 aliphatic heterocycles.